The number of rotatable bonds is 2. The Kier molecular flexibility index (Phi) is 5.03. The Hall–Kier alpha value is -1.96. The summed E-state index contributed by atoms with van der Waals surface area (Å²) in [5.41, 5.74) is 1.78. The van der Waals surface area contributed by atoms with Crippen LogP contribution in [0.3, 0.4) is 0 Å². The molecular weight excluding hydrogens is 296 g/mol. The summed E-state index contributed by atoms with van der Waals surface area (Å²) in [6, 6.07) is 17.8. The molecule has 0 saturated heterocycles. The minimum Gasteiger partial charge on any atom is -0.257 e. The van der Waals surface area contributed by atoms with Crippen LogP contribution >= 0.6 is 0 Å². The summed E-state index contributed by atoms with van der Waals surface area (Å²) in [4.78, 5) is 0. The van der Waals surface area contributed by atoms with Gasteiger partial charge in [0.15, 0.2) is 5.69 Å². The average Bonchev–Trinajstić information content (AvgIpc) is 2.94. The molecule has 23 heavy (non-hydrogen) atoms. The maximum atomic E-state index is 13.0. The zero-order chi connectivity index (χ0) is 15.7. The van der Waals surface area contributed by atoms with Crippen molar-refractivity contribution in [2.75, 3.05) is 0 Å². The van der Waals surface area contributed by atoms with Crippen LogP contribution < -0.4 is 18.9 Å². The summed E-state index contributed by atoms with van der Waals surface area (Å²) in [7, 11) is 0. The molecule has 0 saturated carbocycles. The van der Waals surface area contributed by atoms with E-state index in [1.165, 1.54) is 4.68 Å². The molecule has 0 N–H and O–H groups in total. The summed E-state index contributed by atoms with van der Waals surface area (Å²) in [5.74, 6) is 0. The van der Waals surface area contributed by atoms with E-state index in [9.17, 15) is 13.2 Å². The van der Waals surface area contributed by atoms with E-state index >= 15 is 0 Å². The third-order valence-electron chi connectivity index (χ3n) is 3.29. The molecule has 0 fully saturated rings. The number of nitrogens with zero attached hydrogens (tertiary/aromatic N) is 2. The van der Waals surface area contributed by atoms with Crippen LogP contribution in [0.5, 0.6) is 0 Å². The first-order chi connectivity index (χ1) is 10.4. The fourth-order valence-electron chi connectivity index (χ4n) is 2.17. The molecule has 0 unspecified atom stereocenters. The second kappa shape index (κ2) is 6.65. The molecule has 0 bridgehead atoms. The van der Waals surface area contributed by atoms with Crippen molar-refractivity contribution in [3.63, 3.8) is 0 Å². The van der Waals surface area contributed by atoms with Gasteiger partial charge in [0.2, 0.25) is 0 Å². The zero-order valence-corrected chi connectivity index (χ0v) is 12.7. The van der Waals surface area contributed by atoms with E-state index < -0.39 is 11.9 Å². The Morgan fingerprint density at radius 3 is 2.17 bits per heavy atom. The molecule has 1 aromatic heterocycles. The second-order valence-corrected chi connectivity index (χ2v) is 4.95. The standard InChI is InChI=1S/C17H12F3N2.Li/c1-12-7-9-13(10-8-12)15-11-16(17(18,19)20)21-22(15)14-5-3-2-4-6-14;/h3-11H,1H3;/q-1;+1. The van der Waals surface area contributed by atoms with Crippen molar-refractivity contribution in [2.24, 2.45) is 0 Å². The fourth-order valence-corrected chi connectivity index (χ4v) is 2.17. The van der Waals surface area contributed by atoms with Crippen molar-refractivity contribution in [1.82, 2.24) is 9.78 Å². The summed E-state index contributed by atoms with van der Waals surface area (Å²) in [6.45, 7) is 1.93. The van der Waals surface area contributed by atoms with Gasteiger partial charge in [-0.25, -0.2) is 0 Å². The Morgan fingerprint density at radius 1 is 1.00 bits per heavy atom. The van der Waals surface area contributed by atoms with Gasteiger partial charge in [0.25, 0.3) is 0 Å². The van der Waals surface area contributed by atoms with Crippen molar-refractivity contribution in [2.45, 2.75) is 13.1 Å². The smallest absolute Gasteiger partial charge is 0.257 e. The Morgan fingerprint density at radius 2 is 1.61 bits per heavy atom. The van der Waals surface area contributed by atoms with Crippen LogP contribution in [0.25, 0.3) is 16.9 Å². The largest absolute Gasteiger partial charge is 1.00 e. The molecule has 0 aliphatic heterocycles. The van der Waals surface area contributed by atoms with Crippen LogP contribution in [0, 0.1) is 13.0 Å². The third kappa shape index (κ3) is 3.69. The number of hydrogen-bond acceptors (Lipinski definition) is 1. The number of halogens is 3. The van der Waals surface area contributed by atoms with Crippen LogP contribution in [-0.4, -0.2) is 9.78 Å². The van der Waals surface area contributed by atoms with Gasteiger partial charge in [0, 0.05) is 5.56 Å². The van der Waals surface area contributed by atoms with Crippen LogP contribution in [0.15, 0.2) is 54.6 Å². The minimum atomic E-state index is -4.48. The molecule has 112 valence electrons. The minimum absolute atomic E-state index is 0. The van der Waals surface area contributed by atoms with Crippen molar-refractivity contribution in [3.8, 4) is 16.9 Å². The van der Waals surface area contributed by atoms with Crippen molar-refractivity contribution in [1.29, 1.82) is 0 Å². The molecule has 2 aromatic carbocycles. The molecule has 0 radical (unpaired) electrons. The van der Waals surface area contributed by atoms with Crippen molar-refractivity contribution < 1.29 is 32.0 Å². The van der Waals surface area contributed by atoms with Gasteiger partial charge in [-0.3, -0.25) is 4.68 Å². The Balaban J connectivity index is 0.00000192. The molecule has 0 amide bonds. The van der Waals surface area contributed by atoms with E-state index in [2.05, 4.69) is 11.2 Å². The van der Waals surface area contributed by atoms with Gasteiger partial charge in [0.05, 0.1) is 5.69 Å². The van der Waals surface area contributed by atoms with Crippen LogP contribution in [0.1, 0.15) is 11.3 Å². The summed E-state index contributed by atoms with van der Waals surface area (Å²) in [6.07, 6.45) is -4.48. The SMILES string of the molecule is Cc1ccc(-c2cc(C(F)(F)F)nn2-c2cc[c-]cc2)cc1.[Li+]. The first-order valence-electron chi connectivity index (χ1n) is 6.66. The predicted molar refractivity (Wildman–Crippen MR) is 77.6 cm³/mol. The molecule has 1 heterocycles. The summed E-state index contributed by atoms with van der Waals surface area (Å²) < 4.78 is 40.3. The van der Waals surface area contributed by atoms with Crippen LogP contribution in [0.2, 0.25) is 0 Å². The maximum Gasteiger partial charge on any atom is 1.00 e. The van der Waals surface area contributed by atoms with Crippen LogP contribution in [-0.2, 0) is 6.18 Å². The number of alkyl halides is 3. The normalized spacial score (nSPS) is 11.1. The molecule has 3 aromatic rings. The summed E-state index contributed by atoms with van der Waals surface area (Å²) >= 11 is 0. The van der Waals surface area contributed by atoms with Gasteiger partial charge in [0.1, 0.15) is 0 Å². The van der Waals surface area contributed by atoms with E-state index in [0.29, 0.717) is 16.9 Å². The van der Waals surface area contributed by atoms with E-state index in [-0.39, 0.29) is 18.9 Å². The van der Waals surface area contributed by atoms with Gasteiger partial charge < -0.3 is 0 Å². The predicted octanol–water partition coefficient (Wildman–Crippen LogP) is 1.67. The summed E-state index contributed by atoms with van der Waals surface area (Å²) in [5, 5.41) is 3.73. The van der Waals surface area contributed by atoms with Gasteiger partial charge in [-0.05, 0) is 18.7 Å². The quantitative estimate of drug-likeness (QED) is 0.520. The second-order valence-electron chi connectivity index (χ2n) is 4.95. The third-order valence-corrected chi connectivity index (χ3v) is 3.29. The molecule has 3 rings (SSSR count). The topological polar surface area (TPSA) is 17.8 Å². The Labute approximate surface area is 144 Å². The Bertz CT molecular complexity index is 778. The van der Waals surface area contributed by atoms with Gasteiger partial charge >= 0.3 is 25.0 Å². The van der Waals surface area contributed by atoms with Crippen molar-refractivity contribution >= 4 is 0 Å². The average molecular weight is 308 g/mol. The molecule has 0 aliphatic carbocycles. The van der Waals surface area contributed by atoms with Gasteiger partial charge in [-0.1, -0.05) is 29.8 Å². The molecule has 0 spiro atoms. The van der Waals surface area contributed by atoms with Gasteiger partial charge in [-0.15, -0.1) is 12.1 Å². The van der Waals surface area contributed by atoms with Gasteiger partial charge in [-0.2, -0.15) is 36.5 Å². The number of hydrogen-bond donors (Lipinski definition) is 0. The number of aromatic nitrogens is 2. The number of aryl methyl sites for hydroxylation is 1. The zero-order valence-electron chi connectivity index (χ0n) is 12.7. The molecule has 6 heteroatoms. The van der Waals surface area contributed by atoms with E-state index in [4.69, 9.17) is 0 Å². The van der Waals surface area contributed by atoms with E-state index in [1.807, 2.05) is 19.1 Å². The molecule has 2 nitrogen and oxygen atoms in total. The van der Waals surface area contributed by atoms with Crippen molar-refractivity contribution in [3.05, 3.63) is 71.9 Å². The van der Waals surface area contributed by atoms with Crippen LogP contribution in [0.4, 0.5) is 13.2 Å². The molecule has 0 atom stereocenters. The molecular formula is C17H12F3LiN2. The number of benzene rings is 2. The first kappa shape index (κ1) is 17.4. The van der Waals surface area contributed by atoms with E-state index in [1.54, 1.807) is 36.4 Å². The first-order valence-corrected chi connectivity index (χ1v) is 6.66. The maximum absolute atomic E-state index is 13.0. The molecule has 0 aliphatic rings. The fraction of sp³-hybridized carbons (Fsp3) is 0.118. The van der Waals surface area contributed by atoms with E-state index in [0.717, 1.165) is 11.6 Å². The monoisotopic (exact) mass is 308 g/mol.